The maximum atomic E-state index is 5.79. The minimum Gasteiger partial charge on any atom is -0.385 e. The van der Waals surface area contributed by atoms with Crippen LogP contribution in [0.2, 0.25) is 5.02 Å². The van der Waals surface area contributed by atoms with E-state index in [1.54, 1.807) is 0 Å². The molecule has 0 aliphatic heterocycles. The number of rotatable bonds is 6. The minimum atomic E-state index is 0.793. The van der Waals surface area contributed by atoms with Crippen LogP contribution in [0.4, 0.5) is 5.69 Å². The molecule has 0 amide bonds. The average molecular weight is 212 g/mol. The van der Waals surface area contributed by atoms with Crippen molar-refractivity contribution in [2.24, 2.45) is 0 Å². The predicted octanol–water partition coefficient (Wildman–Crippen LogP) is 4.33. The van der Waals surface area contributed by atoms with E-state index >= 15 is 0 Å². The summed E-state index contributed by atoms with van der Waals surface area (Å²) in [6.45, 7) is 3.29. The van der Waals surface area contributed by atoms with Gasteiger partial charge in [0, 0.05) is 17.3 Å². The molecule has 0 spiro atoms. The summed E-state index contributed by atoms with van der Waals surface area (Å²) in [5.74, 6) is 0. The number of unbranched alkanes of at least 4 members (excludes halogenated alkanes) is 3. The van der Waals surface area contributed by atoms with Crippen LogP contribution in [-0.4, -0.2) is 6.54 Å². The average Bonchev–Trinajstić information content (AvgIpc) is 2.21. The van der Waals surface area contributed by atoms with Gasteiger partial charge in [0.2, 0.25) is 0 Å². The van der Waals surface area contributed by atoms with Crippen LogP contribution in [0.5, 0.6) is 0 Å². The van der Waals surface area contributed by atoms with Crippen LogP contribution in [-0.2, 0) is 0 Å². The fourth-order valence-electron chi connectivity index (χ4n) is 1.35. The number of halogens is 1. The summed E-state index contributed by atoms with van der Waals surface area (Å²) in [6.07, 6.45) is 5.19. The predicted molar refractivity (Wildman–Crippen MR) is 64.1 cm³/mol. The molecule has 0 unspecified atom stereocenters. The molecular formula is C12H18ClN. The van der Waals surface area contributed by atoms with Crippen molar-refractivity contribution >= 4 is 17.3 Å². The molecule has 1 N–H and O–H groups in total. The molecule has 0 aromatic heterocycles. The molecule has 0 aliphatic rings. The van der Waals surface area contributed by atoms with Crippen LogP contribution in [0, 0.1) is 0 Å². The van der Waals surface area contributed by atoms with Gasteiger partial charge in [0.15, 0.2) is 0 Å². The molecule has 0 bridgehead atoms. The first-order chi connectivity index (χ1) is 6.83. The van der Waals surface area contributed by atoms with Gasteiger partial charge >= 0.3 is 0 Å². The fraction of sp³-hybridized carbons (Fsp3) is 0.500. The van der Waals surface area contributed by atoms with E-state index in [2.05, 4.69) is 12.2 Å². The molecule has 0 atom stereocenters. The summed E-state index contributed by atoms with van der Waals surface area (Å²) in [7, 11) is 0. The zero-order valence-electron chi connectivity index (χ0n) is 8.72. The largest absolute Gasteiger partial charge is 0.385 e. The van der Waals surface area contributed by atoms with Crippen molar-refractivity contribution in [3.05, 3.63) is 29.3 Å². The van der Waals surface area contributed by atoms with E-state index in [1.807, 2.05) is 24.3 Å². The first kappa shape index (κ1) is 11.4. The van der Waals surface area contributed by atoms with E-state index in [9.17, 15) is 0 Å². The molecule has 78 valence electrons. The third-order valence-corrected chi connectivity index (χ3v) is 2.46. The van der Waals surface area contributed by atoms with E-state index in [0.29, 0.717) is 0 Å². The molecule has 14 heavy (non-hydrogen) atoms. The molecule has 0 saturated heterocycles. The highest BCUT2D eigenvalue weighted by atomic mass is 35.5. The van der Waals surface area contributed by atoms with E-state index in [1.165, 1.54) is 25.7 Å². The molecule has 0 fully saturated rings. The van der Waals surface area contributed by atoms with Crippen LogP contribution in [0.15, 0.2) is 24.3 Å². The standard InChI is InChI=1S/C12H18ClN/c1-2-3-4-5-10-14-12-8-6-11(13)7-9-12/h6-9,14H,2-5,10H2,1H3. The molecule has 1 rings (SSSR count). The Morgan fingerprint density at radius 3 is 2.43 bits per heavy atom. The molecule has 0 saturated carbocycles. The maximum absolute atomic E-state index is 5.79. The Kier molecular flexibility index (Phi) is 5.46. The highest BCUT2D eigenvalue weighted by Gasteiger charge is 1.91. The monoisotopic (exact) mass is 211 g/mol. The van der Waals surface area contributed by atoms with Crippen molar-refractivity contribution in [1.29, 1.82) is 0 Å². The normalized spacial score (nSPS) is 10.1. The quantitative estimate of drug-likeness (QED) is 0.691. The van der Waals surface area contributed by atoms with Crippen LogP contribution < -0.4 is 5.32 Å². The second-order valence-electron chi connectivity index (χ2n) is 3.49. The van der Waals surface area contributed by atoms with Crippen LogP contribution in [0.3, 0.4) is 0 Å². The Morgan fingerprint density at radius 1 is 1.07 bits per heavy atom. The van der Waals surface area contributed by atoms with Crippen molar-refractivity contribution in [1.82, 2.24) is 0 Å². The molecule has 1 nitrogen and oxygen atoms in total. The zero-order chi connectivity index (χ0) is 10.2. The Hall–Kier alpha value is -0.690. The highest BCUT2D eigenvalue weighted by molar-refractivity contribution is 6.30. The van der Waals surface area contributed by atoms with Gasteiger partial charge in [0.25, 0.3) is 0 Å². The molecule has 1 aromatic carbocycles. The van der Waals surface area contributed by atoms with Crippen LogP contribution in [0.1, 0.15) is 32.6 Å². The molecule has 2 heteroatoms. The molecular weight excluding hydrogens is 194 g/mol. The lowest BCUT2D eigenvalue weighted by atomic mass is 10.2. The first-order valence-electron chi connectivity index (χ1n) is 5.32. The Balaban J connectivity index is 2.15. The molecule has 0 aliphatic carbocycles. The lowest BCUT2D eigenvalue weighted by molar-refractivity contribution is 0.685. The number of hydrogen-bond acceptors (Lipinski definition) is 1. The van der Waals surface area contributed by atoms with Crippen LogP contribution >= 0.6 is 11.6 Å². The second-order valence-corrected chi connectivity index (χ2v) is 3.93. The van der Waals surface area contributed by atoms with E-state index < -0.39 is 0 Å². The Morgan fingerprint density at radius 2 is 1.79 bits per heavy atom. The van der Waals surface area contributed by atoms with Gasteiger partial charge in [-0.25, -0.2) is 0 Å². The van der Waals surface area contributed by atoms with Crippen LogP contribution in [0.25, 0.3) is 0 Å². The summed E-state index contributed by atoms with van der Waals surface area (Å²) in [5.41, 5.74) is 1.16. The minimum absolute atomic E-state index is 0.793. The summed E-state index contributed by atoms with van der Waals surface area (Å²) < 4.78 is 0. The van der Waals surface area contributed by atoms with Crippen molar-refractivity contribution in [3.63, 3.8) is 0 Å². The van der Waals surface area contributed by atoms with Crippen molar-refractivity contribution in [3.8, 4) is 0 Å². The van der Waals surface area contributed by atoms with Gasteiger partial charge in [-0.1, -0.05) is 37.8 Å². The van der Waals surface area contributed by atoms with Crippen molar-refractivity contribution in [2.75, 3.05) is 11.9 Å². The van der Waals surface area contributed by atoms with Gasteiger partial charge in [0.1, 0.15) is 0 Å². The summed E-state index contributed by atoms with van der Waals surface area (Å²) in [6, 6.07) is 7.86. The summed E-state index contributed by atoms with van der Waals surface area (Å²) in [4.78, 5) is 0. The van der Waals surface area contributed by atoms with E-state index in [0.717, 1.165) is 17.3 Å². The van der Waals surface area contributed by atoms with Gasteiger partial charge in [-0.15, -0.1) is 0 Å². The zero-order valence-corrected chi connectivity index (χ0v) is 9.48. The van der Waals surface area contributed by atoms with Gasteiger partial charge in [0.05, 0.1) is 0 Å². The maximum Gasteiger partial charge on any atom is 0.0407 e. The second kappa shape index (κ2) is 6.72. The number of benzene rings is 1. The first-order valence-corrected chi connectivity index (χ1v) is 5.70. The van der Waals surface area contributed by atoms with Gasteiger partial charge in [-0.05, 0) is 30.7 Å². The topological polar surface area (TPSA) is 12.0 Å². The third-order valence-electron chi connectivity index (χ3n) is 2.20. The highest BCUT2D eigenvalue weighted by Crippen LogP contribution is 2.13. The Bertz CT molecular complexity index is 243. The lowest BCUT2D eigenvalue weighted by Gasteiger charge is -2.05. The van der Waals surface area contributed by atoms with E-state index in [-0.39, 0.29) is 0 Å². The number of nitrogens with one attached hydrogen (secondary N) is 1. The fourth-order valence-corrected chi connectivity index (χ4v) is 1.48. The number of anilines is 1. The van der Waals surface area contributed by atoms with E-state index in [4.69, 9.17) is 11.6 Å². The van der Waals surface area contributed by atoms with Crippen molar-refractivity contribution < 1.29 is 0 Å². The molecule has 0 radical (unpaired) electrons. The lowest BCUT2D eigenvalue weighted by Crippen LogP contribution is -2.00. The summed E-state index contributed by atoms with van der Waals surface area (Å²) in [5, 5.41) is 4.17. The van der Waals surface area contributed by atoms with Gasteiger partial charge in [-0.3, -0.25) is 0 Å². The SMILES string of the molecule is CCCCCCNc1ccc(Cl)cc1. The van der Waals surface area contributed by atoms with Gasteiger partial charge < -0.3 is 5.32 Å². The number of hydrogen-bond donors (Lipinski definition) is 1. The smallest absolute Gasteiger partial charge is 0.0407 e. The molecule has 0 heterocycles. The Labute approximate surface area is 91.5 Å². The molecule has 1 aromatic rings. The third kappa shape index (κ3) is 4.52. The van der Waals surface area contributed by atoms with Gasteiger partial charge in [-0.2, -0.15) is 0 Å². The summed E-state index contributed by atoms with van der Waals surface area (Å²) >= 11 is 5.79. The van der Waals surface area contributed by atoms with Crippen molar-refractivity contribution in [2.45, 2.75) is 32.6 Å².